The average molecular weight is 477 g/mol. The zero-order chi connectivity index (χ0) is 25.1. The van der Waals surface area contributed by atoms with Crippen molar-refractivity contribution in [2.45, 2.75) is 13.8 Å². The van der Waals surface area contributed by atoms with Crippen LogP contribution < -0.4 is 21.1 Å². The molecule has 4 rings (SSSR count). The van der Waals surface area contributed by atoms with Crippen LogP contribution in [0.5, 0.6) is 0 Å². The van der Waals surface area contributed by atoms with Gasteiger partial charge in [0.15, 0.2) is 5.82 Å². The third kappa shape index (κ3) is 5.18. The van der Waals surface area contributed by atoms with Crippen molar-refractivity contribution in [1.29, 1.82) is 0 Å². The molecule has 180 valence electrons. The highest BCUT2D eigenvalue weighted by Crippen LogP contribution is 2.25. The summed E-state index contributed by atoms with van der Waals surface area (Å²) in [5.74, 6) is 0.127. The number of anilines is 4. The number of amides is 1. The van der Waals surface area contributed by atoms with Gasteiger partial charge in [0, 0.05) is 44.2 Å². The van der Waals surface area contributed by atoms with Gasteiger partial charge in [0.2, 0.25) is 0 Å². The third-order valence-electron chi connectivity index (χ3n) is 5.57. The Hall–Kier alpha value is -4.54. The van der Waals surface area contributed by atoms with Gasteiger partial charge in [-0.15, -0.1) is 0 Å². The molecule has 3 N–H and O–H groups in total. The zero-order valence-corrected chi connectivity index (χ0v) is 19.8. The molecule has 35 heavy (non-hydrogen) atoms. The standard InChI is InChI=1S/C24H25FN8O2/c1-5-32(3)22-9-7-16(13-26-22)23(34)28-19-11-15(6-8-17(19)25)18-12-20(24(35)30-29-18)27-21-10-14(2)33(4)31-21/h6-13H,5H2,1-4H3,(H,28,34)(H,30,35)(H,27,29,31). The minimum absolute atomic E-state index is 0.0230. The lowest BCUT2D eigenvalue weighted by Gasteiger charge is -2.15. The first kappa shape index (κ1) is 23.6. The third-order valence-corrected chi connectivity index (χ3v) is 5.57. The fraction of sp³-hybridized carbons (Fsp3) is 0.208. The zero-order valence-electron chi connectivity index (χ0n) is 19.8. The second-order valence-corrected chi connectivity index (χ2v) is 7.98. The molecule has 0 aliphatic heterocycles. The van der Waals surface area contributed by atoms with Crippen LogP contribution >= 0.6 is 0 Å². The van der Waals surface area contributed by atoms with E-state index in [1.807, 2.05) is 25.8 Å². The van der Waals surface area contributed by atoms with E-state index in [2.05, 4.69) is 30.9 Å². The number of hydrogen-bond donors (Lipinski definition) is 3. The molecule has 0 fully saturated rings. The molecular weight excluding hydrogens is 451 g/mol. The van der Waals surface area contributed by atoms with E-state index in [1.54, 1.807) is 29.9 Å². The largest absolute Gasteiger partial charge is 0.360 e. The van der Waals surface area contributed by atoms with Crippen molar-refractivity contribution in [2.24, 2.45) is 7.05 Å². The Labute approximate surface area is 200 Å². The van der Waals surface area contributed by atoms with Crippen molar-refractivity contribution in [3.63, 3.8) is 0 Å². The quantitative estimate of drug-likeness (QED) is 0.373. The number of pyridine rings is 1. The van der Waals surface area contributed by atoms with Gasteiger partial charge in [-0.05, 0) is 50.2 Å². The Morgan fingerprint density at radius 2 is 1.97 bits per heavy atom. The van der Waals surface area contributed by atoms with Crippen molar-refractivity contribution in [3.8, 4) is 11.3 Å². The van der Waals surface area contributed by atoms with E-state index in [0.29, 0.717) is 22.6 Å². The van der Waals surface area contributed by atoms with Crippen LogP contribution in [0.25, 0.3) is 11.3 Å². The first-order valence-electron chi connectivity index (χ1n) is 10.9. The van der Waals surface area contributed by atoms with Crippen LogP contribution in [-0.4, -0.2) is 44.5 Å². The Kier molecular flexibility index (Phi) is 6.58. The van der Waals surface area contributed by atoms with Gasteiger partial charge in [-0.3, -0.25) is 14.3 Å². The summed E-state index contributed by atoms with van der Waals surface area (Å²) in [7, 11) is 3.69. The first-order chi connectivity index (χ1) is 16.7. The molecule has 0 radical (unpaired) electrons. The number of hydrogen-bond acceptors (Lipinski definition) is 7. The molecule has 1 aromatic carbocycles. The molecular formula is C24H25FN8O2. The van der Waals surface area contributed by atoms with E-state index < -0.39 is 17.3 Å². The van der Waals surface area contributed by atoms with E-state index in [0.717, 1.165) is 18.1 Å². The molecule has 1 amide bonds. The number of nitrogens with zero attached hydrogens (tertiary/aromatic N) is 5. The van der Waals surface area contributed by atoms with Crippen LogP contribution in [0.2, 0.25) is 0 Å². The van der Waals surface area contributed by atoms with Gasteiger partial charge in [0.05, 0.1) is 16.9 Å². The predicted molar refractivity (Wildman–Crippen MR) is 133 cm³/mol. The normalized spacial score (nSPS) is 10.8. The number of benzene rings is 1. The van der Waals surface area contributed by atoms with E-state index in [-0.39, 0.29) is 11.4 Å². The number of rotatable bonds is 7. The molecule has 0 saturated heterocycles. The number of halogens is 1. The summed E-state index contributed by atoms with van der Waals surface area (Å²) in [5, 5.41) is 16.3. The number of aromatic nitrogens is 5. The van der Waals surface area contributed by atoms with Gasteiger partial charge in [-0.1, -0.05) is 0 Å². The number of carbonyl (C=O) groups excluding carboxylic acids is 1. The van der Waals surface area contributed by atoms with Crippen LogP contribution in [0.15, 0.2) is 53.5 Å². The van der Waals surface area contributed by atoms with Crippen LogP contribution in [0.4, 0.5) is 27.4 Å². The lowest BCUT2D eigenvalue weighted by Crippen LogP contribution is -2.18. The number of carbonyl (C=O) groups is 1. The second kappa shape index (κ2) is 9.75. The van der Waals surface area contributed by atoms with Crippen LogP contribution in [0.3, 0.4) is 0 Å². The van der Waals surface area contributed by atoms with E-state index in [1.165, 1.54) is 30.5 Å². The smallest absolute Gasteiger partial charge is 0.287 e. The fourth-order valence-electron chi connectivity index (χ4n) is 3.29. The maximum absolute atomic E-state index is 14.5. The highest BCUT2D eigenvalue weighted by molar-refractivity contribution is 6.04. The van der Waals surface area contributed by atoms with E-state index >= 15 is 0 Å². The van der Waals surface area contributed by atoms with Crippen molar-refractivity contribution in [3.05, 3.63) is 76.1 Å². The topological polar surface area (TPSA) is 121 Å². The predicted octanol–water partition coefficient (Wildman–Crippen LogP) is 3.46. The lowest BCUT2D eigenvalue weighted by molar-refractivity contribution is 0.102. The first-order valence-corrected chi connectivity index (χ1v) is 10.9. The second-order valence-electron chi connectivity index (χ2n) is 7.98. The van der Waals surface area contributed by atoms with Crippen LogP contribution in [-0.2, 0) is 7.05 Å². The molecule has 0 saturated carbocycles. The SMILES string of the molecule is CCN(C)c1ccc(C(=O)Nc2cc(-c3cc(Nc4cc(C)n(C)n4)c(=O)[nH]n3)ccc2F)cn1. The van der Waals surface area contributed by atoms with Crippen LogP contribution in [0.1, 0.15) is 23.0 Å². The monoisotopic (exact) mass is 476 g/mol. The molecule has 10 nitrogen and oxygen atoms in total. The van der Waals surface area contributed by atoms with Gasteiger partial charge < -0.3 is 15.5 Å². The number of H-pyrrole nitrogens is 1. The summed E-state index contributed by atoms with van der Waals surface area (Å²) in [6.45, 7) is 4.66. The average Bonchev–Trinajstić information content (AvgIpc) is 3.17. The summed E-state index contributed by atoms with van der Waals surface area (Å²) < 4.78 is 16.2. The van der Waals surface area contributed by atoms with Crippen molar-refractivity contribution in [2.75, 3.05) is 29.1 Å². The summed E-state index contributed by atoms with van der Waals surface area (Å²) in [5.41, 5.74) is 1.86. The Bertz CT molecular complexity index is 1410. The Morgan fingerprint density at radius 3 is 2.63 bits per heavy atom. The molecule has 0 atom stereocenters. The van der Waals surface area contributed by atoms with Crippen molar-refractivity contribution in [1.82, 2.24) is 25.0 Å². The fourth-order valence-corrected chi connectivity index (χ4v) is 3.29. The van der Waals surface area contributed by atoms with Crippen LogP contribution in [0, 0.1) is 12.7 Å². The lowest BCUT2D eigenvalue weighted by atomic mass is 10.1. The summed E-state index contributed by atoms with van der Waals surface area (Å²) >= 11 is 0. The molecule has 4 aromatic rings. The molecule has 0 aliphatic rings. The minimum Gasteiger partial charge on any atom is -0.360 e. The minimum atomic E-state index is -0.607. The molecule has 0 spiro atoms. The van der Waals surface area contributed by atoms with Crippen molar-refractivity contribution < 1.29 is 9.18 Å². The van der Waals surface area contributed by atoms with E-state index in [4.69, 9.17) is 0 Å². The maximum Gasteiger partial charge on any atom is 0.287 e. The molecule has 0 bridgehead atoms. The van der Waals surface area contributed by atoms with Gasteiger partial charge >= 0.3 is 0 Å². The van der Waals surface area contributed by atoms with Gasteiger partial charge in [-0.25, -0.2) is 14.5 Å². The summed E-state index contributed by atoms with van der Waals surface area (Å²) in [6.07, 6.45) is 1.44. The summed E-state index contributed by atoms with van der Waals surface area (Å²) in [6, 6.07) is 10.9. The molecule has 3 aromatic heterocycles. The van der Waals surface area contributed by atoms with E-state index in [9.17, 15) is 14.0 Å². The Morgan fingerprint density at radius 1 is 1.17 bits per heavy atom. The van der Waals surface area contributed by atoms with Gasteiger partial charge in [0.25, 0.3) is 11.5 Å². The highest BCUT2D eigenvalue weighted by atomic mass is 19.1. The number of nitrogens with one attached hydrogen (secondary N) is 3. The molecule has 0 unspecified atom stereocenters. The Balaban J connectivity index is 1.57. The summed E-state index contributed by atoms with van der Waals surface area (Å²) in [4.78, 5) is 31.2. The highest BCUT2D eigenvalue weighted by Gasteiger charge is 2.14. The maximum atomic E-state index is 14.5. The van der Waals surface area contributed by atoms with Crippen molar-refractivity contribution >= 4 is 28.9 Å². The molecule has 11 heteroatoms. The number of aryl methyl sites for hydroxylation is 2. The molecule has 3 heterocycles. The van der Waals surface area contributed by atoms with Gasteiger partial charge in [0.1, 0.15) is 17.3 Å². The van der Waals surface area contributed by atoms with Gasteiger partial charge in [-0.2, -0.15) is 10.2 Å². The number of aromatic amines is 1. The molecule has 0 aliphatic carbocycles.